The van der Waals surface area contributed by atoms with Crippen molar-refractivity contribution in [3.63, 3.8) is 0 Å². The summed E-state index contributed by atoms with van der Waals surface area (Å²) < 4.78 is 41.6. The number of amides is 3. The summed E-state index contributed by atoms with van der Waals surface area (Å²) in [7, 11) is -2.49. The Morgan fingerprint density at radius 1 is 1.00 bits per heavy atom. The number of urea groups is 1. The third-order valence-electron chi connectivity index (χ3n) is 10.3. The number of carbonyl (C=O) groups excluding carboxylic acids is 2. The Kier molecular flexibility index (Phi) is 7.16. The number of nitrogens with zero attached hydrogens (tertiary/aromatic N) is 3. The van der Waals surface area contributed by atoms with Crippen molar-refractivity contribution in [1.29, 1.82) is 0 Å². The van der Waals surface area contributed by atoms with Gasteiger partial charge in [0.15, 0.2) is 0 Å². The fourth-order valence-corrected chi connectivity index (χ4v) is 8.74. The minimum Gasteiger partial charge on any atom is -0.490 e. The molecule has 2 aliphatic carbocycles. The summed E-state index contributed by atoms with van der Waals surface area (Å²) in [5.74, 6) is 1.10. The Hall–Kier alpha value is -3.18. The summed E-state index contributed by atoms with van der Waals surface area (Å²) in [6.45, 7) is 2.69. The van der Waals surface area contributed by atoms with Crippen LogP contribution in [0.1, 0.15) is 43.2 Å². The van der Waals surface area contributed by atoms with Crippen molar-refractivity contribution in [2.45, 2.75) is 54.9 Å². The molecule has 3 heterocycles. The van der Waals surface area contributed by atoms with Gasteiger partial charge >= 0.3 is 12.1 Å². The number of benzene rings is 2. The summed E-state index contributed by atoms with van der Waals surface area (Å²) in [5, 5.41) is 0.716. The van der Waals surface area contributed by atoms with Gasteiger partial charge in [-0.1, -0.05) is 17.7 Å². The van der Waals surface area contributed by atoms with Crippen LogP contribution in [0.4, 0.5) is 15.3 Å². The van der Waals surface area contributed by atoms with Crippen LogP contribution in [0.5, 0.6) is 5.75 Å². The number of aryl methyl sites for hydroxylation is 1. The van der Waals surface area contributed by atoms with Gasteiger partial charge in [-0.15, -0.1) is 0 Å². The van der Waals surface area contributed by atoms with Crippen molar-refractivity contribution in [1.82, 2.24) is 14.5 Å². The third kappa shape index (κ3) is 5.18. The highest BCUT2D eigenvalue weighted by Crippen LogP contribution is 2.46. The molecule has 2 aromatic carbocycles. The van der Waals surface area contributed by atoms with E-state index in [9.17, 15) is 18.0 Å². The molecular formula is C31H37ClN4O6S. The van der Waals surface area contributed by atoms with Gasteiger partial charge in [0.1, 0.15) is 5.75 Å². The van der Waals surface area contributed by atoms with E-state index in [1.165, 1.54) is 27.0 Å². The van der Waals surface area contributed by atoms with E-state index < -0.39 is 22.1 Å². The van der Waals surface area contributed by atoms with E-state index >= 15 is 0 Å². The molecule has 2 aromatic rings. The van der Waals surface area contributed by atoms with Gasteiger partial charge in [-0.3, -0.25) is 0 Å². The first kappa shape index (κ1) is 28.6. The van der Waals surface area contributed by atoms with Crippen LogP contribution < -0.4 is 14.4 Å². The number of fused-ring (bicyclic) bond motifs is 6. The molecule has 1 unspecified atom stereocenters. The molecule has 1 spiro atoms. The molecule has 43 heavy (non-hydrogen) atoms. The van der Waals surface area contributed by atoms with Crippen LogP contribution in [0.15, 0.2) is 41.3 Å². The molecule has 1 saturated heterocycles. The van der Waals surface area contributed by atoms with Crippen LogP contribution in [0.25, 0.3) is 0 Å². The van der Waals surface area contributed by atoms with Gasteiger partial charge in [0, 0.05) is 43.7 Å². The highest BCUT2D eigenvalue weighted by molar-refractivity contribution is 7.90. The molecular weight excluding hydrogens is 592 g/mol. The van der Waals surface area contributed by atoms with Crippen LogP contribution in [0, 0.1) is 11.8 Å². The van der Waals surface area contributed by atoms with Gasteiger partial charge in [-0.25, -0.2) is 22.7 Å². The fraction of sp³-hybridized carbons (Fsp3) is 0.548. The van der Waals surface area contributed by atoms with Crippen LogP contribution in [0.3, 0.4) is 0 Å². The predicted molar refractivity (Wildman–Crippen MR) is 161 cm³/mol. The lowest BCUT2D eigenvalue weighted by Crippen LogP contribution is -2.49. The van der Waals surface area contributed by atoms with Crippen molar-refractivity contribution < 1.29 is 27.5 Å². The number of carbonyl (C=O) groups is 2. The lowest BCUT2D eigenvalue weighted by molar-refractivity contribution is 0.0441. The van der Waals surface area contributed by atoms with Crippen molar-refractivity contribution in [3.8, 4) is 5.75 Å². The number of likely N-dealkylation sites (N-methyl/N-ethyl adjacent to an activating group) is 1. The van der Waals surface area contributed by atoms with Gasteiger partial charge in [-0.2, -0.15) is 0 Å². The minimum absolute atomic E-state index is 0.0147. The molecule has 0 aromatic heterocycles. The molecule has 2 fully saturated rings. The maximum absolute atomic E-state index is 13.5. The Labute approximate surface area is 257 Å². The highest BCUT2D eigenvalue weighted by Gasteiger charge is 2.44. The van der Waals surface area contributed by atoms with Crippen molar-refractivity contribution in [3.05, 3.63) is 52.5 Å². The average Bonchev–Trinajstić information content (AvgIpc) is 3.41. The van der Waals surface area contributed by atoms with Gasteiger partial charge in [0.05, 0.1) is 29.8 Å². The second-order valence-corrected chi connectivity index (χ2v) is 14.9. The minimum atomic E-state index is -4.17. The second kappa shape index (κ2) is 10.8. The van der Waals surface area contributed by atoms with E-state index in [2.05, 4.69) is 21.8 Å². The first-order valence-electron chi connectivity index (χ1n) is 15.1. The number of ether oxygens (including phenoxy) is 2. The van der Waals surface area contributed by atoms with Crippen LogP contribution in [-0.2, 0) is 26.6 Å². The first-order chi connectivity index (χ1) is 20.6. The van der Waals surface area contributed by atoms with Gasteiger partial charge in [0.2, 0.25) is 0 Å². The largest absolute Gasteiger partial charge is 0.490 e. The van der Waals surface area contributed by atoms with Crippen molar-refractivity contribution >= 4 is 39.4 Å². The van der Waals surface area contributed by atoms with Crippen LogP contribution >= 0.6 is 11.6 Å². The molecule has 12 heteroatoms. The predicted octanol–water partition coefficient (Wildman–Crippen LogP) is 4.39. The zero-order valence-corrected chi connectivity index (χ0v) is 25.8. The van der Waals surface area contributed by atoms with E-state index in [4.69, 9.17) is 21.1 Å². The molecule has 5 aliphatic rings. The van der Waals surface area contributed by atoms with Gasteiger partial charge < -0.3 is 24.2 Å². The number of hydrogen-bond donors (Lipinski definition) is 1. The Morgan fingerprint density at radius 3 is 2.65 bits per heavy atom. The van der Waals surface area contributed by atoms with E-state index in [1.807, 2.05) is 6.07 Å². The average molecular weight is 629 g/mol. The molecule has 3 aliphatic heterocycles. The summed E-state index contributed by atoms with van der Waals surface area (Å²) in [6, 6.07) is 10.0. The molecule has 1 saturated carbocycles. The van der Waals surface area contributed by atoms with Crippen molar-refractivity contribution in [2.24, 2.45) is 11.8 Å². The Bertz CT molecular complexity index is 1570. The van der Waals surface area contributed by atoms with Gasteiger partial charge in [0.25, 0.3) is 10.0 Å². The monoisotopic (exact) mass is 628 g/mol. The van der Waals surface area contributed by atoms with Gasteiger partial charge in [-0.05, 0) is 91.8 Å². The lowest BCUT2D eigenvalue weighted by atomic mass is 9.69. The Morgan fingerprint density at radius 2 is 1.84 bits per heavy atom. The smallest absolute Gasteiger partial charge is 0.409 e. The van der Waals surface area contributed by atoms with Crippen molar-refractivity contribution in [2.75, 3.05) is 51.3 Å². The molecule has 0 radical (unpaired) electrons. The molecule has 7 rings (SSSR count). The number of rotatable bonds is 0. The highest BCUT2D eigenvalue weighted by atomic mass is 35.5. The molecule has 1 N–H and O–H groups in total. The maximum Gasteiger partial charge on any atom is 0.409 e. The Balaban J connectivity index is 1.28. The van der Waals surface area contributed by atoms with E-state index in [0.717, 1.165) is 32.1 Å². The van der Waals surface area contributed by atoms with Crippen LogP contribution in [-0.4, -0.2) is 82.8 Å². The van der Waals surface area contributed by atoms with E-state index in [0.29, 0.717) is 55.7 Å². The topological polar surface area (TPSA) is 108 Å². The zero-order valence-electron chi connectivity index (χ0n) is 24.3. The molecule has 4 atom stereocenters. The van der Waals surface area contributed by atoms with E-state index in [1.54, 1.807) is 19.2 Å². The number of anilines is 1. The summed E-state index contributed by atoms with van der Waals surface area (Å²) in [4.78, 5) is 31.3. The SMILES string of the molecule is CN1C(=O)OC[C@@H]2CC[C@H]2CN2CC3(CCCc4cc(Cl)ccc43)COc3ccc(cc32)S(=O)(=O)NC(=O)N2CC[C@@H]1C2. The zero-order chi connectivity index (χ0) is 29.9. The fourth-order valence-electron chi connectivity index (χ4n) is 7.55. The number of hydrogen-bond acceptors (Lipinski definition) is 7. The number of cyclic esters (lactones) is 1. The summed E-state index contributed by atoms with van der Waals surface area (Å²) in [5.41, 5.74) is 2.85. The normalized spacial score (nSPS) is 30.2. The molecule has 4 bridgehead atoms. The second-order valence-electron chi connectivity index (χ2n) is 12.8. The number of sulfonamides is 1. The lowest BCUT2D eigenvalue weighted by Gasteiger charge is -2.44. The maximum atomic E-state index is 13.5. The molecule has 230 valence electrons. The standard InChI is InChI=1S/C31H37ClN4O6S/c1-34-24-10-12-35(16-24)29(37)33-43(39,40)25-7-9-28-27(14-25)36(15-21-4-5-22(21)17-41-30(34)38)18-31(19-42-28)11-2-3-20-13-23(32)6-8-26(20)31/h6-9,13-14,21-22,24H,2-5,10-12,15-19H2,1H3,(H,33,37)/t21-,22-,24+,31?/m0/s1. The quantitative estimate of drug-likeness (QED) is 0.461. The first-order valence-corrected chi connectivity index (χ1v) is 17.0. The number of halogens is 1. The van der Waals surface area contributed by atoms with Crippen LogP contribution in [0.2, 0.25) is 5.02 Å². The summed E-state index contributed by atoms with van der Waals surface area (Å²) in [6.07, 6.45) is 4.98. The third-order valence-corrected chi connectivity index (χ3v) is 11.8. The molecule has 10 nitrogen and oxygen atoms in total. The number of nitrogens with one attached hydrogen (secondary N) is 1. The summed E-state index contributed by atoms with van der Waals surface area (Å²) >= 11 is 6.38. The van der Waals surface area contributed by atoms with E-state index in [-0.39, 0.29) is 34.7 Å². The molecule has 3 amide bonds.